The molecule has 148 valence electrons. The number of alkyl halides is 3. The lowest BCUT2D eigenvalue weighted by atomic mass is 10.1. The van der Waals surface area contributed by atoms with Crippen molar-refractivity contribution in [1.82, 2.24) is 10.6 Å². The zero-order chi connectivity index (χ0) is 19.4. The number of rotatable bonds is 3. The van der Waals surface area contributed by atoms with Crippen molar-refractivity contribution in [2.75, 3.05) is 29.9 Å². The summed E-state index contributed by atoms with van der Waals surface area (Å²) in [6.07, 6.45) is -0.479. The Hall–Kier alpha value is -2.45. The van der Waals surface area contributed by atoms with Gasteiger partial charge in [0.1, 0.15) is 6.04 Å². The fraction of sp³-hybridized carbons (Fsp3) is 0.556. The van der Waals surface area contributed by atoms with Crippen LogP contribution in [0.4, 0.5) is 29.3 Å². The minimum absolute atomic E-state index is 0.0956. The van der Waals surface area contributed by atoms with Gasteiger partial charge in [0.2, 0.25) is 5.91 Å². The van der Waals surface area contributed by atoms with Gasteiger partial charge < -0.3 is 20.9 Å². The lowest BCUT2D eigenvalue weighted by Gasteiger charge is -2.23. The van der Waals surface area contributed by atoms with E-state index in [2.05, 4.69) is 16.0 Å². The molecule has 1 aromatic rings. The molecule has 2 saturated heterocycles. The summed E-state index contributed by atoms with van der Waals surface area (Å²) in [5, 5.41) is 7.80. The molecule has 2 heterocycles. The molecule has 27 heavy (non-hydrogen) atoms. The Bertz CT molecular complexity index is 702. The van der Waals surface area contributed by atoms with Crippen molar-refractivity contribution >= 4 is 23.3 Å². The van der Waals surface area contributed by atoms with Crippen molar-refractivity contribution in [2.45, 2.75) is 44.3 Å². The summed E-state index contributed by atoms with van der Waals surface area (Å²) in [5.74, 6) is -0.272. The van der Waals surface area contributed by atoms with Crippen LogP contribution in [0.25, 0.3) is 0 Å². The number of nitrogens with zero attached hydrogens (tertiary/aromatic N) is 1. The van der Waals surface area contributed by atoms with Crippen molar-refractivity contribution < 1.29 is 22.8 Å². The molecule has 0 bridgehead atoms. The zero-order valence-electron chi connectivity index (χ0n) is 14.9. The molecule has 2 aliphatic heterocycles. The van der Waals surface area contributed by atoms with Gasteiger partial charge in [-0.15, -0.1) is 0 Å². The van der Waals surface area contributed by atoms with Crippen LogP contribution in [0.2, 0.25) is 0 Å². The minimum Gasteiger partial charge on any atom is -0.370 e. The van der Waals surface area contributed by atoms with Gasteiger partial charge in [-0.3, -0.25) is 4.79 Å². The second-order valence-electron chi connectivity index (χ2n) is 6.86. The standard InChI is InChI=1S/C18H23F3N4O2/c19-18(20,21)12-6-7-15(25-9-3-4-10-25)14(11-12)24-17(27)23-13-5-1-2-8-22-16(13)26/h6-7,11,13H,1-5,8-10H2,(H,22,26)(H2,23,24,27)/t13-/m0/s1. The largest absolute Gasteiger partial charge is 0.416 e. The van der Waals surface area contributed by atoms with Crippen LogP contribution in [0, 0.1) is 0 Å². The molecule has 0 saturated carbocycles. The SMILES string of the molecule is O=C(Nc1cc(C(F)(F)F)ccc1N1CCCC1)N[C@H]1CCCCNC1=O. The van der Waals surface area contributed by atoms with E-state index < -0.39 is 23.8 Å². The predicted octanol–water partition coefficient (Wildman–Crippen LogP) is 3.10. The molecule has 1 atom stereocenters. The van der Waals surface area contributed by atoms with E-state index in [1.54, 1.807) is 0 Å². The number of nitrogens with one attached hydrogen (secondary N) is 3. The molecular formula is C18H23F3N4O2. The third kappa shape index (κ3) is 4.84. The Morgan fingerprint density at radius 1 is 1.15 bits per heavy atom. The maximum Gasteiger partial charge on any atom is 0.416 e. The predicted molar refractivity (Wildman–Crippen MR) is 95.7 cm³/mol. The molecule has 3 N–H and O–H groups in total. The summed E-state index contributed by atoms with van der Waals surface area (Å²) in [5.41, 5.74) is -0.174. The second-order valence-corrected chi connectivity index (χ2v) is 6.86. The van der Waals surface area contributed by atoms with Crippen LogP contribution < -0.4 is 20.9 Å². The maximum atomic E-state index is 13.1. The van der Waals surface area contributed by atoms with Gasteiger partial charge in [-0.05, 0) is 50.3 Å². The van der Waals surface area contributed by atoms with E-state index in [1.165, 1.54) is 6.07 Å². The van der Waals surface area contributed by atoms with Gasteiger partial charge in [0, 0.05) is 19.6 Å². The smallest absolute Gasteiger partial charge is 0.370 e. The first kappa shape index (κ1) is 19.3. The molecule has 9 heteroatoms. The fourth-order valence-corrected chi connectivity index (χ4v) is 3.44. The molecule has 0 unspecified atom stereocenters. The Kier molecular flexibility index (Phi) is 5.76. The number of anilines is 2. The number of halogens is 3. The average Bonchev–Trinajstić information content (AvgIpc) is 3.06. The van der Waals surface area contributed by atoms with E-state index >= 15 is 0 Å². The van der Waals surface area contributed by atoms with Crippen LogP contribution in [-0.2, 0) is 11.0 Å². The van der Waals surface area contributed by atoms with Gasteiger partial charge in [-0.25, -0.2) is 4.79 Å². The van der Waals surface area contributed by atoms with Gasteiger partial charge in [0.05, 0.1) is 16.9 Å². The molecule has 2 aliphatic rings. The van der Waals surface area contributed by atoms with Crippen molar-refractivity contribution in [3.8, 4) is 0 Å². The molecule has 2 fully saturated rings. The lowest BCUT2D eigenvalue weighted by Crippen LogP contribution is -2.47. The highest BCUT2D eigenvalue weighted by Crippen LogP contribution is 2.36. The molecule has 6 nitrogen and oxygen atoms in total. The van der Waals surface area contributed by atoms with Crippen molar-refractivity contribution in [3.63, 3.8) is 0 Å². The Balaban J connectivity index is 1.78. The van der Waals surface area contributed by atoms with Gasteiger partial charge >= 0.3 is 12.2 Å². The van der Waals surface area contributed by atoms with Crippen molar-refractivity contribution in [1.29, 1.82) is 0 Å². The molecule has 0 aliphatic carbocycles. The quantitative estimate of drug-likeness (QED) is 0.750. The summed E-state index contributed by atoms with van der Waals surface area (Å²) >= 11 is 0. The van der Waals surface area contributed by atoms with E-state index in [-0.39, 0.29) is 11.6 Å². The van der Waals surface area contributed by atoms with E-state index in [1.807, 2.05) is 4.90 Å². The molecule has 3 amide bonds. The van der Waals surface area contributed by atoms with Crippen LogP contribution in [0.3, 0.4) is 0 Å². The van der Waals surface area contributed by atoms with Crippen LogP contribution in [0.5, 0.6) is 0 Å². The average molecular weight is 384 g/mol. The number of carbonyl (C=O) groups excluding carboxylic acids is 2. The third-order valence-corrected chi connectivity index (χ3v) is 4.86. The second kappa shape index (κ2) is 8.06. The third-order valence-electron chi connectivity index (χ3n) is 4.86. The number of urea groups is 1. The van der Waals surface area contributed by atoms with E-state index in [9.17, 15) is 22.8 Å². The Morgan fingerprint density at radius 2 is 1.89 bits per heavy atom. The first-order valence-corrected chi connectivity index (χ1v) is 9.16. The molecule has 0 radical (unpaired) electrons. The molecule has 1 aromatic carbocycles. The van der Waals surface area contributed by atoms with E-state index in [0.717, 1.165) is 50.9 Å². The Labute approximate surface area is 155 Å². The van der Waals surface area contributed by atoms with Gasteiger partial charge in [-0.2, -0.15) is 13.2 Å². The summed E-state index contributed by atoms with van der Waals surface area (Å²) in [6, 6.07) is 1.99. The molecule has 0 aromatic heterocycles. The Morgan fingerprint density at radius 3 is 2.59 bits per heavy atom. The number of hydrogen-bond acceptors (Lipinski definition) is 3. The van der Waals surface area contributed by atoms with Gasteiger partial charge in [0.25, 0.3) is 0 Å². The van der Waals surface area contributed by atoms with Crippen molar-refractivity contribution in [2.24, 2.45) is 0 Å². The minimum atomic E-state index is -4.50. The van der Waals surface area contributed by atoms with Gasteiger partial charge in [0.15, 0.2) is 0 Å². The van der Waals surface area contributed by atoms with Crippen molar-refractivity contribution in [3.05, 3.63) is 23.8 Å². The first-order valence-electron chi connectivity index (χ1n) is 9.16. The number of amides is 3. The summed E-state index contributed by atoms with van der Waals surface area (Å²) in [6.45, 7) is 2.02. The maximum absolute atomic E-state index is 13.1. The molecule has 0 spiro atoms. The highest BCUT2D eigenvalue weighted by molar-refractivity contribution is 5.96. The summed E-state index contributed by atoms with van der Waals surface area (Å²) < 4.78 is 39.3. The highest BCUT2D eigenvalue weighted by Gasteiger charge is 2.32. The normalized spacial score (nSPS) is 20.8. The van der Waals surface area contributed by atoms with Crippen LogP contribution >= 0.6 is 0 Å². The summed E-state index contributed by atoms with van der Waals surface area (Å²) in [7, 11) is 0. The molecular weight excluding hydrogens is 361 g/mol. The van der Waals surface area contributed by atoms with E-state index in [4.69, 9.17) is 0 Å². The molecule has 3 rings (SSSR count). The van der Waals surface area contributed by atoms with Crippen LogP contribution in [-0.4, -0.2) is 37.6 Å². The first-order chi connectivity index (χ1) is 12.8. The number of benzene rings is 1. The van der Waals surface area contributed by atoms with Crippen LogP contribution in [0.1, 0.15) is 37.7 Å². The lowest BCUT2D eigenvalue weighted by molar-refractivity contribution is -0.137. The number of hydrogen-bond donors (Lipinski definition) is 3. The van der Waals surface area contributed by atoms with Gasteiger partial charge in [-0.1, -0.05) is 0 Å². The highest BCUT2D eigenvalue weighted by atomic mass is 19.4. The topological polar surface area (TPSA) is 73.5 Å². The van der Waals surface area contributed by atoms with Crippen LogP contribution in [0.15, 0.2) is 18.2 Å². The number of carbonyl (C=O) groups is 2. The fourth-order valence-electron chi connectivity index (χ4n) is 3.44. The van der Waals surface area contributed by atoms with E-state index in [0.29, 0.717) is 18.7 Å². The monoisotopic (exact) mass is 384 g/mol. The zero-order valence-corrected chi connectivity index (χ0v) is 14.9. The summed E-state index contributed by atoms with van der Waals surface area (Å²) in [4.78, 5) is 26.3.